The Morgan fingerprint density at radius 3 is 2.71 bits per heavy atom. The van der Waals surface area contributed by atoms with Gasteiger partial charge in [-0.2, -0.15) is 0 Å². The van der Waals surface area contributed by atoms with Crippen molar-refractivity contribution in [3.05, 3.63) is 59.5 Å². The van der Waals surface area contributed by atoms with Gasteiger partial charge in [0.15, 0.2) is 0 Å². The van der Waals surface area contributed by atoms with E-state index in [1.54, 1.807) is 6.26 Å². The minimum Gasteiger partial charge on any atom is -0.469 e. The van der Waals surface area contributed by atoms with Gasteiger partial charge in [0.05, 0.1) is 12.3 Å². The molecule has 24 heavy (non-hydrogen) atoms. The van der Waals surface area contributed by atoms with Crippen molar-refractivity contribution < 1.29 is 9.21 Å². The summed E-state index contributed by atoms with van der Waals surface area (Å²) in [5, 5.41) is 3.27. The van der Waals surface area contributed by atoms with Gasteiger partial charge in [0.25, 0.3) is 0 Å². The molecule has 128 valence electrons. The zero-order valence-electron chi connectivity index (χ0n) is 14.5. The SMILES string of the molecule is CCN(CC)[C@@H](C(=O)N[C@H]1CCCc2occc21)c1ccccc1. The highest BCUT2D eigenvalue weighted by Gasteiger charge is 2.30. The first-order valence-electron chi connectivity index (χ1n) is 8.90. The van der Waals surface area contributed by atoms with Crippen molar-refractivity contribution in [1.29, 1.82) is 0 Å². The Bertz CT molecular complexity index is 661. The third-order valence-electron chi connectivity index (χ3n) is 4.91. The van der Waals surface area contributed by atoms with Gasteiger partial charge >= 0.3 is 0 Å². The van der Waals surface area contributed by atoms with E-state index in [1.165, 1.54) is 0 Å². The molecule has 1 aliphatic rings. The number of nitrogens with one attached hydrogen (secondary N) is 1. The number of furan rings is 1. The smallest absolute Gasteiger partial charge is 0.242 e. The average Bonchev–Trinajstić information content (AvgIpc) is 3.10. The van der Waals surface area contributed by atoms with Crippen LogP contribution in [0.2, 0.25) is 0 Å². The van der Waals surface area contributed by atoms with Crippen LogP contribution in [0.25, 0.3) is 0 Å². The summed E-state index contributed by atoms with van der Waals surface area (Å²) in [6, 6.07) is 11.8. The molecule has 1 amide bonds. The first-order chi connectivity index (χ1) is 11.7. The van der Waals surface area contributed by atoms with E-state index in [2.05, 4.69) is 24.1 Å². The zero-order chi connectivity index (χ0) is 16.9. The van der Waals surface area contributed by atoms with Crippen LogP contribution in [0.1, 0.15) is 55.7 Å². The predicted octanol–water partition coefficient (Wildman–Crippen LogP) is 3.86. The van der Waals surface area contributed by atoms with Crippen molar-refractivity contribution in [1.82, 2.24) is 10.2 Å². The fourth-order valence-corrected chi connectivity index (χ4v) is 3.64. The lowest BCUT2D eigenvalue weighted by Crippen LogP contribution is -2.42. The number of hydrogen-bond acceptors (Lipinski definition) is 3. The van der Waals surface area contributed by atoms with E-state index in [0.717, 1.165) is 49.2 Å². The van der Waals surface area contributed by atoms with Gasteiger partial charge in [-0.05, 0) is 37.6 Å². The van der Waals surface area contributed by atoms with Crippen molar-refractivity contribution in [2.24, 2.45) is 0 Å². The van der Waals surface area contributed by atoms with E-state index in [4.69, 9.17) is 4.42 Å². The number of rotatable bonds is 6. The van der Waals surface area contributed by atoms with E-state index >= 15 is 0 Å². The zero-order valence-corrected chi connectivity index (χ0v) is 14.5. The van der Waals surface area contributed by atoms with Crippen LogP contribution in [-0.2, 0) is 11.2 Å². The maximum Gasteiger partial charge on any atom is 0.242 e. The summed E-state index contributed by atoms with van der Waals surface area (Å²) in [6.07, 6.45) is 4.71. The van der Waals surface area contributed by atoms with Gasteiger partial charge in [-0.15, -0.1) is 0 Å². The topological polar surface area (TPSA) is 45.5 Å². The number of carbonyl (C=O) groups excluding carboxylic acids is 1. The van der Waals surface area contributed by atoms with E-state index in [9.17, 15) is 4.79 Å². The number of carbonyl (C=O) groups is 1. The van der Waals surface area contributed by atoms with Gasteiger partial charge in [0.1, 0.15) is 11.8 Å². The van der Waals surface area contributed by atoms with Crippen molar-refractivity contribution in [2.45, 2.75) is 45.2 Å². The van der Waals surface area contributed by atoms with E-state index < -0.39 is 0 Å². The van der Waals surface area contributed by atoms with Gasteiger partial charge in [-0.3, -0.25) is 9.69 Å². The van der Waals surface area contributed by atoms with Crippen LogP contribution in [0.15, 0.2) is 47.1 Å². The third kappa shape index (κ3) is 3.39. The molecule has 1 aliphatic carbocycles. The van der Waals surface area contributed by atoms with Crippen LogP contribution in [-0.4, -0.2) is 23.9 Å². The largest absolute Gasteiger partial charge is 0.469 e. The van der Waals surface area contributed by atoms with Crippen LogP contribution < -0.4 is 5.32 Å². The molecule has 4 heteroatoms. The Kier molecular flexibility index (Phi) is 5.36. The molecule has 0 spiro atoms. The van der Waals surface area contributed by atoms with Crippen molar-refractivity contribution in [3.63, 3.8) is 0 Å². The number of aryl methyl sites for hydroxylation is 1. The van der Waals surface area contributed by atoms with E-state index in [-0.39, 0.29) is 18.0 Å². The maximum absolute atomic E-state index is 13.1. The number of fused-ring (bicyclic) bond motifs is 1. The molecule has 0 aliphatic heterocycles. The summed E-state index contributed by atoms with van der Waals surface area (Å²) in [7, 11) is 0. The number of amides is 1. The highest BCUT2D eigenvalue weighted by Crippen LogP contribution is 2.31. The van der Waals surface area contributed by atoms with E-state index in [0.29, 0.717) is 0 Å². The van der Waals surface area contributed by atoms with Gasteiger partial charge in [0, 0.05) is 12.0 Å². The predicted molar refractivity (Wildman–Crippen MR) is 94.6 cm³/mol. The third-order valence-corrected chi connectivity index (χ3v) is 4.91. The summed E-state index contributed by atoms with van der Waals surface area (Å²) in [4.78, 5) is 15.3. The van der Waals surface area contributed by atoms with Crippen molar-refractivity contribution in [3.8, 4) is 0 Å². The molecule has 4 nitrogen and oxygen atoms in total. The monoisotopic (exact) mass is 326 g/mol. The molecule has 0 saturated carbocycles. The molecule has 3 rings (SSSR count). The number of nitrogens with zero attached hydrogens (tertiary/aromatic N) is 1. The van der Waals surface area contributed by atoms with Gasteiger partial charge in [-0.1, -0.05) is 44.2 Å². The second kappa shape index (κ2) is 7.67. The summed E-state index contributed by atoms with van der Waals surface area (Å²) in [5.41, 5.74) is 2.18. The Morgan fingerprint density at radius 1 is 1.25 bits per heavy atom. The summed E-state index contributed by atoms with van der Waals surface area (Å²) < 4.78 is 5.54. The standard InChI is InChI=1S/C20H26N2O2/c1-3-22(4-2)19(15-9-6-5-7-10-15)20(23)21-17-11-8-12-18-16(17)13-14-24-18/h5-7,9-10,13-14,17,19H,3-4,8,11-12H2,1-2H3,(H,21,23)/t17-,19+/m0/s1. The van der Waals surface area contributed by atoms with Crippen LogP contribution in [0.5, 0.6) is 0 Å². The van der Waals surface area contributed by atoms with Crippen LogP contribution >= 0.6 is 0 Å². The first kappa shape index (κ1) is 16.8. The molecule has 1 aromatic carbocycles. The summed E-state index contributed by atoms with van der Waals surface area (Å²) in [5.74, 6) is 1.09. The molecule has 1 N–H and O–H groups in total. The Hall–Kier alpha value is -2.07. The van der Waals surface area contributed by atoms with Gasteiger partial charge in [-0.25, -0.2) is 0 Å². The maximum atomic E-state index is 13.1. The highest BCUT2D eigenvalue weighted by atomic mass is 16.3. The molecule has 2 aromatic rings. The Morgan fingerprint density at radius 2 is 2.00 bits per heavy atom. The minimum absolute atomic E-state index is 0.0572. The lowest BCUT2D eigenvalue weighted by molar-refractivity contribution is -0.127. The van der Waals surface area contributed by atoms with Crippen LogP contribution in [0.3, 0.4) is 0 Å². The van der Waals surface area contributed by atoms with Gasteiger partial charge < -0.3 is 9.73 Å². The molecule has 0 unspecified atom stereocenters. The molecule has 0 radical (unpaired) electrons. The molecule has 1 heterocycles. The molecule has 0 bridgehead atoms. The van der Waals surface area contributed by atoms with Crippen LogP contribution in [0, 0.1) is 0 Å². The second-order valence-electron chi connectivity index (χ2n) is 6.29. The quantitative estimate of drug-likeness (QED) is 0.877. The second-order valence-corrected chi connectivity index (χ2v) is 6.29. The van der Waals surface area contributed by atoms with Crippen LogP contribution in [0.4, 0.5) is 0 Å². The Labute approximate surface area is 143 Å². The lowest BCUT2D eigenvalue weighted by Gasteiger charge is -2.31. The van der Waals surface area contributed by atoms with E-state index in [1.807, 2.05) is 36.4 Å². The first-order valence-corrected chi connectivity index (χ1v) is 8.90. The summed E-state index contributed by atoms with van der Waals surface area (Å²) in [6.45, 7) is 5.87. The molecular formula is C20H26N2O2. The molecule has 0 fully saturated rings. The lowest BCUT2D eigenvalue weighted by atomic mass is 9.92. The van der Waals surface area contributed by atoms with Crippen molar-refractivity contribution >= 4 is 5.91 Å². The molecule has 2 atom stereocenters. The molecule has 1 aromatic heterocycles. The normalized spacial score (nSPS) is 18.2. The summed E-state index contributed by atoms with van der Waals surface area (Å²) >= 11 is 0. The number of benzene rings is 1. The fraction of sp³-hybridized carbons (Fsp3) is 0.450. The average molecular weight is 326 g/mol. The van der Waals surface area contributed by atoms with Crippen molar-refractivity contribution in [2.75, 3.05) is 13.1 Å². The highest BCUT2D eigenvalue weighted by molar-refractivity contribution is 5.83. The minimum atomic E-state index is -0.251. The fourth-order valence-electron chi connectivity index (χ4n) is 3.64. The van der Waals surface area contributed by atoms with Gasteiger partial charge in [0.2, 0.25) is 5.91 Å². The molecule has 0 saturated heterocycles. The number of hydrogen-bond donors (Lipinski definition) is 1. The Balaban J connectivity index is 1.82. The number of likely N-dealkylation sites (N-methyl/N-ethyl adjacent to an activating group) is 1. The molecular weight excluding hydrogens is 300 g/mol.